The molecular weight excluding hydrogens is 438 g/mol. The second-order valence-electron chi connectivity index (χ2n) is 4.72. The van der Waals surface area contributed by atoms with E-state index in [9.17, 15) is 13.2 Å². The fourth-order valence-electron chi connectivity index (χ4n) is 1.94. The van der Waals surface area contributed by atoms with Gasteiger partial charge in [-0.25, -0.2) is 0 Å². The molecule has 0 aliphatic carbocycles. The molecule has 0 radical (unpaired) electrons. The Morgan fingerprint density at radius 3 is 2.33 bits per heavy atom. The van der Waals surface area contributed by atoms with Gasteiger partial charge in [-0.15, -0.1) is 24.0 Å². The van der Waals surface area contributed by atoms with Gasteiger partial charge in [-0.1, -0.05) is 0 Å². The second kappa shape index (κ2) is 11.2. The SMILES string of the molecule is CN=C(NCCc1cc(OC)ccc1OC)NCCC(F)(F)F.I. The predicted octanol–water partition coefficient (Wildman–Crippen LogP) is 2.98. The van der Waals surface area contributed by atoms with Crippen LogP contribution in [0.15, 0.2) is 23.2 Å². The van der Waals surface area contributed by atoms with Gasteiger partial charge >= 0.3 is 6.18 Å². The van der Waals surface area contributed by atoms with E-state index in [0.717, 1.165) is 11.3 Å². The number of rotatable bonds is 7. The van der Waals surface area contributed by atoms with Crippen LogP contribution in [-0.4, -0.2) is 46.5 Å². The Bertz CT molecular complexity index is 525. The zero-order valence-electron chi connectivity index (χ0n) is 13.9. The third kappa shape index (κ3) is 8.46. The van der Waals surface area contributed by atoms with Crippen LogP contribution in [0, 0.1) is 0 Å². The topological polar surface area (TPSA) is 54.9 Å². The molecule has 0 heterocycles. The average Bonchev–Trinajstić information content (AvgIpc) is 2.52. The highest BCUT2D eigenvalue weighted by Gasteiger charge is 2.26. The minimum Gasteiger partial charge on any atom is -0.497 e. The molecule has 0 spiro atoms. The molecular formula is C15H23F3IN3O2. The summed E-state index contributed by atoms with van der Waals surface area (Å²) in [5, 5.41) is 5.59. The number of ether oxygens (including phenoxy) is 2. The zero-order valence-corrected chi connectivity index (χ0v) is 16.2. The molecule has 0 amide bonds. The van der Waals surface area contributed by atoms with Crippen molar-refractivity contribution in [2.75, 3.05) is 34.4 Å². The first kappa shape index (κ1) is 22.6. The fourth-order valence-corrected chi connectivity index (χ4v) is 1.94. The maximum absolute atomic E-state index is 12.1. The number of aliphatic imine (C=N–C) groups is 1. The van der Waals surface area contributed by atoms with Crippen LogP contribution in [0.4, 0.5) is 13.2 Å². The maximum Gasteiger partial charge on any atom is 0.390 e. The summed E-state index contributed by atoms with van der Waals surface area (Å²) in [4.78, 5) is 3.89. The summed E-state index contributed by atoms with van der Waals surface area (Å²) in [5.74, 6) is 1.78. The van der Waals surface area contributed by atoms with Crippen LogP contribution in [0.25, 0.3) is 0 Å². The molecule has 138 valence electrons. The lowest BCUT2D eigenvalue weighted by Crippen LogP contribution is -2.39. The van der Waals surface area contributed by atoms with Crippen LogP contribution >= 0.6 is 24.0 Å². The highest BCUT2D eigenvalue weighted by atomic mass is 127. The normalized spacial score (nSPS) is 11.5. The number of guanidine groups is 1. The fraction of sp³-hybridized carbons (Fsp3) is 0.533. The molecule has 5 nitrogen and oxygen atoms in total. The summed E-state index contributed by atoms with van der Waals surface area (Å²) in [6.07, 6.45) is -4.47. The molecule has 1 rings (SSSR count). The van der Waals surface area contributed by atoms with Gasteiger partial charge in [-0.2, -0.15) is 13.2 Å². The molecule has 0 atom stereocenters. The molecule has 24 heavy (non-hydrogen) atoms. The number of methoxy groups -OCH3 is 2. The number of alkyl halides is 3. The van der Waals surface area contributed by atoms with Gasteiger partial charge < -0.3 is 20.1 Å². The molecule has 0 aromatic heterocycles. The van der Waals surface area contributed by atoms with Crippen LogP contribution in [0.5, 0.6) is 11.5 Å². The van der Waals surface area contributed by atoms with Gasteiger partial charge in [0.05, 0.1) is 20.6 Å². The standard InChI is InChI=1S/C15H22F3N3O2.HI/c1-19-14(21-9-7-15(16,17)18)20-8-6-11-10-12(22-2)4-5-13(11)23-3;/h4-5,10H,6-9H2,1-3H3,(H2,19,20,21);1H. The largest absolute Gasteiger partial charge is 0.497 e. The van der Waals surface area contributed by atoms with Gasteiger partial charge in [-0.05, 0) is 30.2 Å². The Morgan fingerprint density at radius 1 is 1.12 bits per heavy atom. The zero-order chi connectivity index (χ0) is 17.3. The molecule has 0 aliphatic rings. The van der Waals surface area contributed by atoms with Crippen molar-refractivity contribution < 1.29 is 22.6 Å². The summed E-state index contributed by atoms with van der Waals surface area (Å²) in [6, 6.07) is 5.47. The van der Waals surface area contributed by atoms with E-state index >= 15 is 0 Å². The Kier molecular flexibility index (Phi) is 10.6. The molecule has 1 aromatic carbocycles. The first-order valence-corrected chi connectivity index (χ1v) is 7.11. The van der Waals surface area contributed by atoms with Crippen molar-refractivity contribution >= 4 is 29.9 Å². The maximum atomic E-state index is 12.1. The first-order valence-electron chi connectivity index (χ1n) is 7.11. The number of benzene rings is 1. The lowest BCUT2D eigenvalue weighted by molar-refractivity contribution is -0.132. The monoisotopic (exact) mass is 461 g/mol. The van der Waals surface area contributed by atoms with Crippen molar-refractivity contribution in [2.24, 2.45) is 4.99 Å². The molecule has 0 saturated heterocycles. The van der Waals surface area contributed by atoms with Gasteiger partial charge in [0.15, 0.2) is 5.96 Å². The highest BCUT2D eigenvalue weighted by molar-refractivity contribution is 14.0. The summed E-state index contributed by atoms with van der Waals surface area (Å²) in [7, 11) is 4.67. The van der Waals surface area contributed by atoms with Crippen LogP contribution in [0.2, 0.25) is 0 Å². The highest BCUT2D eigenvalue weighted by Crippen LogP contribution is 2.24. The summed E-state index contributed by atoms with van der Waals surface area (Å²) >= 11 is 0. The Morgan fingerprint density at radius 2 is 1.79 bits per heavy atom. The van der Waals surface area contributed by atoms with E-state index < -0.39 is 12.6 Å². The molecule has 1 aromatic rings. The predicted molar refractivity (Wildman–Crippen MR) is 98.7 cm³/mol. The van der Waals surface area contributed by atoms with E-state index in [1.807, 2.05) is 12.1 Å². The molecule has 2 N–H and O–H groups in total. The minimum atomic E-state index is -4.18. The molecule has 0 unspecified atom stereocenters. The lowest BCUT2D eigenvalue weighted by Gasteiger charge is -2.14. The molecule has 0 saturated carbocycles. The Hall–Kier alpha value is -1.39. The van der Waals surface area contributed by atoms with Gasteiger partial charge in [0, 0.05) is 20.1 Å². The van der Waals surface area contributed by atoms with E-state index in [1.165, 1.54) is 7.05 Å². The number of nitrogens with one attached hydrogen (secondary N) is 2. The summed E-state index contributed by atoms with van der Waals surface area (Å²) < 4.78 is 46.8. The van der Waals surface area contributed by atoms with Crippen molar-refractivity contribution in [3.8, 4) is 11.5 Å². The lowest BCUT2D eigenvalue weighted by atomic mass is 10.1. The van der Waals surface area contributed by atoms with E-state index in [-0.39, 0.29) is 30.5 Å². The van der Waals surface area contributed by atoms with Gasteiger partial charge in [-0.3, -0.25) is 4.99 Å². The summed E-state index contributed by atoms with van der Waals surface area (Å²) in [5.41, 5.74) is 0.935. The van der Waals surface area contributed by atoms with Crippen molar-refractivity contribution in [3.05, 3.63) is 23.8 Å². The van der Waals surface area contributed by atoms with Crippen LogP contribution < -0.4 is 20.1 Å². The van der Waals surface area contributed by atoms with Crippen molar-refractivity contribution in [3.63, 3.8) is 0 Å². The first-order chi connectivity index (χ1) is 10.9. The third-order valence-corrected chi connectivity index (χ3v) is 3.10. The van der Waals surface area contributed by atoms with Crippen molar-refractivity contribution in [1.82, 2.24) is 10.6 Å². The average molecular weight is 461 g/mol. The van der Waals surface area contributed by atoms with Crippen LogP contribution in [0.1, 0.15) is 12.0 Å². The van der Waals surface area contributed by atoms with Gasteiger partial charge in [0.1, 0.15) is 11.5 Å². The third-order valence-electron chi connectivity index (χ3n) is 3.10. The molecule has 0 fully saturated rings. The van der Waals surface area contributed by atoms with Crippen molar-refractivity contribution in [1.29, 1.82) is 0 Å². The smallest absolute Gasteiger partial charge is 0.390 e. The van der Waals surface area contributed by atoms with E-state index in [4.69, 9.17) is 9.47 Å². The minimum absolute atomic E-state index is 0. The van der Waals surface area contributed by atoms with Gasteiger partial charge in [0.25, 0.3) is 0 Å². The number of nitrogens with zero attached hydrogens (tertiary/aromatic N) is 1. The molecule has 9 heteroatoms. The Balaban J connectivity index is 0.00000529. The quantitative estimate of drug-likeness (QED) is 0.373. The summed E-state index contributed by atoms with van der Waals surface area (Å²) in [6.45, 7) is 0.279. The van der Waals surface area contributed by atoms with Crippen molar-refractivity contribution in [2.45, 2.75) is 19.0 Å². The number of hydrogen-bond donors (Lipinski definition) is 2. The van der Waals surface area contributed by atoms with E-state index in [1.54, 1.807) is 20.3 Å². The number of halogens is 4. The van der Waals surface area contributed by atoms with E-state index in [2.05, 4.69) is 15.6 Å². The molecule has 0 bridgehead atoms. The Labute approximate surface area is 157 Å². The van der Waals surface area contributed by atoms with Crippen LogP contribution in [-0.2, 0) is 6.42 Å². The molecule has 0 aliphatic heterocycles. The number of hydrogen-bond acceptors (Lipinski definition) is 3. The van der Waals surface area contributed by atoms with Crippen LogP contribution in [0.3, 0.4) is 0 Å². The van der Waals surface area contributed by atoms with Gasteiger partial charge in [0.2, 0.25) is 0 Å². The second-order valence-corrected chi connectivity index (χ2v) is 4.72. The van der Waals surface area contributed by atoms with E-state index in [0.29, 0.717) is 24.7 Å².